The molecule has 0 radical (unpaired) electrons. The first-order chi connectivity index (χ1) is 10.2. The second kappa shape index (κ2) is 7.42. The fourth-order valence-corrected chi connectivity index (χ4v) is 2.37. The number of hydrogen-bond donors (Lipinski definition) is 2. The van der Waals surface area contributed by atoms with Crippen LogP contribution in [0.5, 0.6) is 0 Å². The number of piperidine rings is 1. The lowest BCUT2D eigenvalue weighted by Crippen LogP contribution is -2.48. The molecule has 6 heteroatoms. The largest absolute Gasteiger partial charge is 0.350 e. The summed E-state index contributed by atoms with van der Waals surface area (Å²) < 4.78 is 0. The molecule has 1 heterocycles. The van der Waals surface area contributed by atoms with Crippen LogP contribution in [0.2, 0.25) is 0 Å². The zero-order valence-corrected chi connectivity index (χ0v) is 11.7. The summed E-state index contributed by atoms with van der Waals surface area (Å²) in [7, 11) is 0. The van der Waals surface area contributed by atoms with Crippen molar-refractivity contribution in [2.45, 2.75) is 18.9 Å². The van der Waals surface area contributed by atoms with Crippen molar-refractivity contribution in [1.29, 1.82) is 0 Å². The summed E-state index contributed by atoms with van der Waals surface area (Å²) in [5, 5.41) is 5.36. The molecule has 1 aliphatic heterocycles. The van der Waals surface area contributed by atoms with Crippen LogP contribution in [0.15, 0.2) is 30.3 Å². The van der Waals surface area contributed by atoms with Crippen LogP contribution in [0.25, 0.3) is 0 Å². The molecule has 3 amide bonds. The van der Waals surface area contributed by atoms with Crippen LogP contribution in [-0.4, -0.2) is 48.8 Å². The molecule has 0 unspecified atom stereocenters. The lowest BCUT2D eigenvalue weighted by molar-refractivity contribution is -0.132. The Labute approximate surface area is 123 Å². The highest BCUT2D eigenvalue weighted by Crippen LogP contribution is 2.11. The molecular formula is C15H19N3O3. The van der Waals surface area contributed by atoms with Gasteiger partial charge in [0.15, 0.2) is 0 Å². The molecule has 21 heavy (non-hydrogen) atoms. The van der Waals surface area contributed by atoms with Gasteiger partial charge in [0.1, 0.15) is 0 Å². The Hall–Kier alpha value is -2.37. The zero-order valence-electron chi connectivity index (χ0n) is 11.7. The standard InChI is InChI=1S/C15H19N3O3/c19-11-16-10-14(20)18-8-6-13(7-9-18)17-15(21)12-4-2-1-3-5-12/h1-5,11,13H,6-10H2,(H,16,19)(H,17,21). The quantitative estimate of drug-likeness (QED) is 0.758. The minimum absolute atomic E-state index is 0.0323. The second-order valence-electron chi connectivity index (χ2n) is 4.99. The highest BCUT2D eigenvalue weighted by atomic mass is 16.2. The molecule has 0 aromatic heterocycles. The van der Waals surface area contributed by atoms with E-state index in [0.717, 1.165) is 12.8 Å². The third-order valence-corrected chi connectivity index (χ3v) is 3.56. The zero-order chi connectivity index (χ0) is 15.1. The summed E-state index contributed by atoms with van der Waals surface area (Å²) in [6.07, 6.45) is 1.97. The number of benzene rings is 1. The number of hydrogen-bond acceptors (Lipinski definition) is 3. The second-order valence-corrected chi connectivity index (χ2v) is 4.99. The SMILES string of the molecule is O=CNCC(=O)N1CCC(NC(=O)c2ccccc2)CC1. The number of nitrogens with zero attached hydrogens (tertiary/aromatic N) is 1. The van der Waals surface area contributed by atoms with Crippen molar-refractivity contribution in [2.75, 3.05) is 19.6 Å². The number of carbonyl (C=O) groups is 3. The molecule has 0 bridgehead atoms. The first kappa shape index (κ1) is 15.0. The minimum atomic E-state index is -0.0880. The minimum Gasteiger partial charge on any atom is -0.350 e. The maximum Gasteiger partial charge on any atom is 0.251 e. The van der Waals surface area contributed by atoms with E-state index in [2.05, 4.69) is 10.6 Å². The van der Waals surface area contributed by atoms with Crippen molar-refractivity contribution in [3.05, 3.63) is 35.9 Å². The summed E-state index contributed by atoms with van der Waals surface area (Å²) in [6, 6.07) is 9.17. The number of carbonyl (C=O) groups excluding carboxylic acids is 3. The smallest absolute Gasteiger partial charge is 0.251 e. The van der Waals surface area contributed by atoms with E-state index in [-0.39, 0.29) is 24.4 Å². The van der Waals surface area contributed by atoms with Gasteiger partial charge < -0.3 is 15.5 Å². The predicted octanol–water partition coefficient (Wildman–Crippen LogP) is 0.153. The van der Waals surface area contributed by atoms with Crippen molar-refractivity contribution in [1.82, 2.24) is 15.5 Å². The van der Waals surface area contributed by atoms with Gasteiger partial charge in [-0.3, -0.25) is 14.4 Å². The van der Waals surface area contributed by atoms with E-state index >= 15 is 0 Å². The fraction of sp³-hybridized carbons (Fsp3) is 0.400. The molecular weight excluding hydrogens is 270 g/mol. The Kier molecular flexibility index (Phi) is 5.31. The predicted molar refractivity (Wildman–Crippen MR) is 77.6 cm³/mol. The normalized spacial score (nSPS) is 15.3. The first-order valence-electron chi connectivity index (χ1n) is 7.01. The molecule has 1 aromatic rings. The number of likely N-dealkylation sites (tertiary alicyclic amines) is 1. The first-order valence-corrected chi connectivity index (χ1v) is 7.01. The Balaban J connectivity index is 1.78. The molecule has 112 valence electrons. The highest BCUT2D eigenvalue weighted by Gasteiger charge is 2.23. The maximum absolute atomic E-state index is 12.0. The van der Waals surface area contributed by atoms with Gasteiger partial charge in [-0.2, -0.15) is 0 Å². The molecule has 2 N–H and O–H groups in total. The van der Waals surface area contributed by atoms with Gasteiger partial charge in [-0.05, 0) is 25.0 Å². The van der Waals surface area contributed by atoms with Gasteiger partial charge in [0.05, 0.1) is 6.54 Å². The van der Waals surface area contributed by atoms with Gasteiger partial charge in [0.2, 0.25) is 12.3 Å². The van der Waals surface area contributed by atoms with Crippen molar-refractivity contribution < 1.29 is 14.4 Å². The van der Waals surface area contributed by atoms with Gasteiger partial charge in [-0.25, -0.2) is 0 Å². The van der Waals surface area contributed by atoms with Gasteiger partial charge >= 0.3 is 0 Å². The lowest BCUT2D eigenvalue weighted by atomic mass is 10.0. The molecule has 0 aliphatic carbocycles. The van der Waals surface area contributed by atoms with E-state index < -0.39 is 0 Å². The van der Waals surface area contributed by atoms with Crippen molar-refractivity contribution in [2.24, 2.45) is 0 Å². The molecule has 1 aliphatic rings. The van der Waals surface area contributed by atoms with Crippen LogP contribution in [0, 0.1) is 0 Å². The molecule has 0 saturated carbocycles. The summed E-state index contributed by atoms with van der Waals surface area (Å²) in [6.45, 7) is 1.22. The van der Waals surface area contributed by atoms with Gasteiger partial charge in [-0.1, -0.05) is 18.2 Å². The molecule has 0 spiro atoms. The third-order valence-electron chi connectivity index (χ3n) is 3.56. The number of rotatable bonds is 5. The Morgan fingerprint density at radius 1 is 1.19 bits per heavy atom. The van der Waals surface area contributed by atoms with E-state index in [1.54, 1.807) is 17.0 Å². The molecule has 1 fully saturated rings. The van der Waals surface area contributed by atoms with E-state index in [0.29, 0.717) is 25.1 Å². The van der Waals surface area contributed by atoms with E-state index in [9.17, 15) is 14.4 Å². The van der Waals surface area contributed by atoms with Crippen LogP contribution in [0.3, 0.4) is 0 Å². The van der Waals surface area contributed by atoms with E-state index in [1.165, 1.54) is 0 Å². The van der Waals surface area contributed by atoms with Crippen LogP contribution in [0.4, 0.5) is 0 Å². The average Bonchev–Trinajstić information content (AvgIpc) is 2.54. The van der Waals surface area contributed by atoms with Gasteiger partial charge in [0, 0.05) is 24.7 Å². The third kappa shape index (κ3) is 4.30. The van der Waals surface area contributed by atoms with E-state index in [4.69, 9.17) is 0 Å². The molecule has 2 rings (SSSR count). The van der Waals surface area contributed by atoms with Crippen LogP contribution in [-0.2, 0) is 9.59 Å². The topological polar surface area (TPSA) is 78.5 Å². The van der Waals surface area contributed by atoms with Crippen molar-refractivity contribution in [3.8, 4) is 0 Å². The van der Waals surface area contributed by atoms with Crippen molar-refractivity contribution in [3.63, 3.8) is 0 Å². The van der Waals surface area contributed by atoms with Crippen LogP contribution < -0.4 is 10.6 Å². The van der Waals surface area contributed by atoms with Crippen LogP contribution in [0.1, 0.15) is 23.2 Å². The number of nitrogens with one attached hydrogen (secondary N) is 2. The summed E-state index contributed by atoms with van der Waals surface area (Å²) in [5.41, 5.74) is 0.645. The Bertz CT molecular complexity index is 496. The summed E-state index contributed by atoms with van der Waals surface area (Å²) >= 11 is 0. The molecule has 6 nitrogen and oxygen atoms in total. The molecule has 1 aromatic carbocycles. The fourth-order valence-electron chi connectivity index (χ4n) is 2.37. The number of amides is 3. The highest BCUT2D eigenvalue weighted by molar-refractivity contribution is 5.94. The monoisotopic (exact) mass is 289 g/mol. The maximum atomic E-state index is 12.0. The van der Waals surface area contributed by atoms with Crippen LogP contribution >= 0.6 is 0 Å². The molecule has 0 atom stereocenters. The lowest BCUT2D eigenvalue weighted by Gasteiger charge is -2.32. The van der Waals surface area contributed by atoms with Gasteiger partial charge in [-0.15, -0.1) is 0 Å². The molecule has 1 saturated heterocycles. The average molecular weight is 289 g/mol. The Morgan fingerprint density at radius 2 is 1.86 bits per heavy atom. The van der Waals surface area contributed by atoms with E-state index in [1.807, 2.05) is 18.2 Å². The Morgan fingerprint density at radius 3 is 2.48 bits per heavy atom. The van der Waals surface area contributed by atoms with Gasteiger partial charge in [0.25, 0.3) is 5.91 Å². The summed E-state index contributed by atoms with van der Waals surface area (Å²) in [5.74, 6) is -0.169. The van der Waals surface area contributed by atoms with Crippen molar-refractivity contribution >= 4 is 18.2 Å². The summed E-state index contributed by atoms with van der Waals surface area (Å²) in [4.78, 5) is 35.6.